The van der Waals surface area contributed by atoms with Crippen molar-refractivity contribution < 1.29 is 9.53 Å². The summed E-state index contributed by atoms with van der Waals surface area (Å²) in [5.41, 5.74) is 2.46. The van der Waals surface area contributed by atoms with Crippen molar-refractivity contribution in [3.05, 3.63) is 17.0 Å². The lowest BCUT2D eigenvalue weighted by molar-refractivity contribution is 0.0580. The zero-order chi connectivity index (χ0) is 14.2. The third kappa shape index (κ3) is 2.52. The Labute approximate surface area is 114 Å². The Morgan fingerprint density at radius 2 is 2.16 bits per heavy atom. The molecule has 0 aliphatic carbocycles. The van der Waals surface area contributed by atoms with E-state index in [-0.39, 0.29) is 18.0 Å². The van der Waals surface area contributed by atoms with E-state index in [4.69, 9.17) is 4.74 Å². The number of carbonyl (C=O) groups excluding carboxylic acids is 1. The first-order valence-electron chi connectivity index (χ1n) is 6.84. The standard InChI is InChI=1S/C14H23N3O2/c1-9(2)17(12-6-7-19-8-12)14(18)13-10(3)15-16(5)11(13)4/h9,12H,6-8H2,1-5H3. The van der Waals surface area contributed by atoms with Crippen LogP contribution in [0.5, 0.6) is 0 Å². The average Bonchev–Trinajstić information content (AvgIpc) is 2.89. The summed E-state index contributed by atoms with van der Waals surface area (Å²) in [6.07, 6.45) is 0.919. The van der Waals surface area contributed by atoms with Gasteiger partial charge in [0.15, 0.2) is 0 Å². The molecule has 0 N–H and O–H groups in total. The molecule has 0 aromatic carbocycles. The van der Waals surface area contributed by atoms with Gasteiger partial charge in [-0.15, -0.1) is 0 Å². The monoisotopic (exact) mass is 265 g/mol. The number of hydrogen-bond acceptors (Lipinski definition) is 3. The van der Waals surface area contributed by atoms with E-state index in [0.29, 0.717) is 6.61 Å². The highest BCUT2D eigenvalue weighted by atomic mass is 16.5. The molecule has 1 fully saturated rings. The molecule has 1 unspecified atom stereocenters. The van der Waals surface area contributed by atoms with Gasteiger partial charge in [0.05, 0.1) is 23.9 Å². The summed E-state index contributed by atoms with van der Waals surface area (Å²) in [7, 11) is 1.87. The largest absolute Gasteiger partial charge is 0.379 e. The number of rotatable bonds is 3. The molecule has 1 saturated heterocycles. The first-order chi connectivity index (χ1) is 8.93. The van der Waals surface area contributed by atoms with E-state index >= 15 is 0 Å². The van der Waals surface area contributed by atoms with Crippen LogP contribution in [0.1, 0.15) is 42.0 Å². The number of amides is 1. The molecule has 5 nitrogen and oxygen atoms in total. The van der Waals surface area contributed by atoms with Crippen LogP contribution < -0.4 is 0 Å². The molecule has 0 saturated carbocycles. The topological polar surface area (TPSA) is 47.4 Å². The first-order valence-corrected chi connectivity index (χ1v) is 6.84. The Hall–Kier alpha value is -1.36. The quantitative estimate of drug-likeness (QED) is 0.835. The number of aryl methyl sites for hydroxylation is 2. The maximum Gasteiger partial charge on any atom is 0.258 e. The lowest BCUT2D eigenvalue weighted by Gasteiger charge is -2.32. The number of carbonyl (C=O) groups is 1. The lowest BCUT2D eigenvalue weighted by atomic mass is 10.1. The summed E-state index contributed by atoms with van der Waals surface area (Å²) < 4.78 is 7.20. The molecule has 19 heavy (non-hydrogen) atoms. The Morgan fingerprint density at radius 1 is 1.47 bits per heavy atom. The van der Waals surface area contributed by atoms with E-state index in [1.54, 1.807) is 4.68 Å². The van der Waals surface area contributed by atoms with E-state index in [0.717, 1.165) is 30.0 Å². The molecule has 2 heterocycles. The highest BCUT2D eigenvalue weighted by Gasteiger charge is 2.32. The molecule has 0 spiro atoms. The van der Waals surface area contributed by atoms with Crippen LogP contribution in [0, 0.1) is 13.8 Å². The van der Waals surface area contributed by atoms with Gasteiger partial charge in [-0.3, -0.25) is 9.48 Å². The van der Waals surface area contributed by atoms with Crippen LogP contribution in [-0.2, 0) is 11.8 Å². The fourth-order valence-electron chi connectivity index (χ4n) is 2.78. The molecule has 2 rings (SSSR count). The molecular formula is C14H23N3O2. The van der Waals surface area contributed by atoms with Gasteiger partial charge in [-0.2, -0.15) is 5.10 Å². The maximum absolute atomic E-state index is 12.8. The molecule has 0 radical (unpaired) electrons. The van der Waals surface area contributed by atoms with E-state index < -0.39 is 0 Å². The number of nitrogens with zero attached hydrogens (tertiary/aromatic N) is 3. The van der Waals surface area contributed by atoms with Gasteiger partial charge in [0, 0.05) is 25.4 Å². The third-order valence-electron chi connectivity index (χ3n) is 3.81. The summed E-state index contributed by atoms with van der Waals surface area (Å²) in [5.74, 6) is 0.0774. The minimum absolute atomic E-state index is 0.0774. The second-order valence-electron chi connectivity index (χ2n) is 5.49. The number of aromatic nitrogens is 2. The normalized spacial score (nSPS) is 19.2. The molecule has 0 bridgehead atoms. The van der Waals surface area contributed by atoms with Gasteiger partial charge < -0.3 is 9.64 Å². The fraction of sp³-hybridized carbons (Fsp3) is 0.714. The van der Waals surface area contributed by atoms with Crippen LogP contribution in [0.2, 0.25) is 0 Å². The minimum Gasteiger partial charge on any atom is -0.379 e. The Bertz CT molecular complexity index is 473. The van der Waals surface area contributed by atoms with E-state index in [2.05, 4.69) is 18.9 Å². The second-order valence-corrected chi connectivity index (χ2v) is 5.49. The molecule has 1 aliphatic rings. The number of hydrogen-bond donors (Lipinski definition) is 0. The van der Waals surface area contributed by atoms with Gasteiger partial charge in [0.2, 0.25) is 0 Å². The minimum atomic E-state index is 0.0774. The zero-order valence-electron chi connectivity index (χ0n) is 12.4. The predicted octanol–water partition coefficient (Wildman–Crippen LogP) is 1.68. The summed E-state index contributed by atoms with van der Waals surface area (Å²) in [6.45, 7) is 9.32. The van der Waals surface area contributed by atoms with Crippen molar-refractivity contribution in [1.82, 2.24) is 14.7 Å². The molecule has 1 atom stereocenters. The van der Waals surface area contributed by atoms with Gasteiger partial charge in [-0.05, 0) is 34.1 Å². The van der Waals surface area contributed by atoms with Crippen LogP contribution in [-0.4, -0.2) is 45.9 Å². The Kier molecular flexibility index (Phi) is 3.94. The summed E-state index contributed by atoms with van der Waals surface area (Å²) >= 11 is 0. The maximum atomic E-state index is 12.8. The molecule has 5 heteroatoms. The summed E-state index contributed by atoms with van der Waals surface area (Å²) in [4.78, 5) is 14.8. The summed E-state index contributed by atoms with van der Waals surface area (Å²) in [6, 6.07) is 0.352. The first kappa shape index (κ1) is 14.1. The highest BCUT2D eigenvalue weighted by molar-refractivity contribution is 5.96. The van der Waals surface area contributed by atoms with Crippen molar-refractivity contribution in [2.24, 2.45) is 7.05 Å². The predicted molar refractivity (Wildman–Crippen MR) is 73.2 cm³/mol. The van der Waals surface area contributed by atoms with E-state index in [1.165, 1.54) is 0 Å². The smallest absolute Gasteiger partial charge is 0.258 e. The Balaban J connectivity index is 2.33. The van der Waals surface area contributed by atoms with Crippen molar-refractivity contribution in [3.8, 4) is 0 Å². The second kappa shape index (κ2) is 5.33. The van der Waals surface area contributed by atoms with Crippen LogP contribution in [0.25, 0.3) is 0 Å². The van der Waals surface area contributed by atoms with Crippen LogP contribution >= 0.6 is 0 Å². The van der Waals surface area contributed by atoms with Gasteiger partial charge in [-0.1, -0.05) is 0 Å². The third-order valence-corrected chi connectivity index (χ3v) is 3.81. The van der Waals surface area contributed by atoms with Crippen molar-refractivity contribution in [3.63, 3.8) is 0 Å². The van der Waals surface area contributed by atoms with Gasteiger partial charge in [0.25, 0.3) is 5.91 Å². The van der Waals surface area contributed by atoms with E-state index in [9.17, 15) is 4.79 Å². The van der Waals surface area contributed by atoms with Crippen LogP contribution in [0.15, 0.2) is 0 Å². The fourth-order valence-corrected chi connectivity index (χ4v) is 2.78. The molecule has 1 aromatic rings. The van der Waals surface area contributed by atoms with Gasteiger partial charge >= 0.3 is 0 Å². The summed E-state index contributed by atoms with van der Waals surface area (Å²) in [5, 5.41) is 4.34. The van der Waals surface area contributed by atoms with Gasteiger partial charge in [0.1, 0.15) is 0 Å². The Morgan fingerprint density at radius 3 is 2.58 bits per heavy atom. The molecule has 1 aliphatic heterocycles. The average molecular weight is 265 g/mol. The van der Waals surface area contributed by atoms with Crippen molar-refractivity contribution in [2.75, 3.05) is 13.2 Å². The van der Waals surface area contributed by atoms with Gasteiger partial charge in [-0.25, -0.2) is 0 Å². The number of ether oxygens (including phenoxy) is 1. The molecule has 106 valence electrons. The lowest BCUT2D eigenvalue weighted by Crippen LogP contribution is -2.45. The van der Waals surface area contributed by atoms with Crippen LogP contribution in [0.4, 0.5) is 0 Å². The molecular weight excluding hydrogens is 242 g/mol. The van der Waals surface area contributed by atoms with Crippen molar-refractivity contribution in [1.29, 1.82) is 0 Å². The van der Waals surface area contributed by atoms with Crippen LogP contribution in [0.3, 0.4) is 0 Å². The highest BCUT2D eigenvalue weighted by Crippen LogP contribution is 2.22. The van der Waals surface area contributed by atoms with Crippen molar-refractivity contribution >= 4 is 5.91 Å². The molecule has 1 aromatic heterocycles. The molecule has 1 amide bonds. The van der Waals surface area contributed by atoms with E-state index in [1.807, 2.05) is 25.8 Å². The SMILES string of the molecule is Cc1nn(C)c(C)c1C(=O)N(C(C)C)C1CCOC1. The zero-order valence-corrected chi connectivity index (χ0v) is 12.4. The van der Waals surface area contributed by atoms with Crippen molar-refractivity contribution in [2.45, 2.75) is 46.2 Å².